The monoisotopic (exact) mass is 438 g/mol. The van der Waals surface area contributed by atoms with Crippen LogP contribution in [0.2, 0.25) is 0 Å². The van der Waals surface area contributed by atoms with Gasteiger partial charge in [0, 0.05) is 56.6 Å². The quantitative estimate of drug-likeness (QED) is 0.692. The van der Waals surface area contributed by atoms with Crippen molar-refractivity contribution in [2.75, 3.05) is 26.7 Å². The number of carbonyl (C=O) groups is 2. The van der Waals surface area contributed by atoms with E-state index in [1.54, 1.807) is 13.3 Å². The lowest BCUT2D eigenvalue weighted by Gasteiger charge is -2.43. The van der Waals surface area contributed by atoms with E-state index in [-0.39, 0.29) is 17.9 Å². The second-order valence-electron chi connectivity index (χ2n) is 8.93. The van der Waals surface area contributed by atoms with Crippen molar-refractivity contribution in [3.05, 3.63) is 48.0 Å². The molecule has 2 saturated heterocycles. The van der Waals surface area contributed by atoms with Crippen molar-refractivity contribution in [2.45, 2.75) is 58.0 Å². The zero-order chi connectivity index (χ0) is 22.5. The summed E-state index contributed by atoms with van der Waals surface area (Å²) in [5, 5.41) is 0. The van der Waals surface area contributed by atoms with E-state index in [1.807, 2.05) is 46.9 Å². The van der Waals surface area contributed by atoms with Gasteiger partial charge in [0.1, 0.15) is 11.6 Å². The number of hydrogen-bond donors (Lipinski definition) is 0. The Morgan fingerprint density at radius 2 is 1.94 bits per heavy atom. The van der Waals surface area contributed by atoms with E-state index in [4.69, 9.17) is 4.74 Å². The number of nitrogens with zero attached hydrogens (tertiary/aromatic N) is 4. The number of ether oxygens (including phenoxy) is 1. The average molecular weight is 439 g/mol. The van der Waals surface area contributed by atoms with Crippen LogP contribution in [-0.4, -0.2) is 64.0 Å². The van der Waals surface area contributed by atoms with Gasteiger partial charge in [-0.3, -0.25) is 9.59 Å². The van der Waals surface area contributed by atoms with E-state index in [0.29, 0.717) is 30.2 Å². The van der Waals surface area contributed by atoms with Crippen molar-refractivity contribution in [2.24, 2.45) is 5.92 Å². The molecule has 0 N–H and O–H groups in total. The molecule has 1 aromatic carbocycles. The van der Waals surface area contributed by atoms with Gasteiger partial charge < -0.3 is 19.1 Å². The smallest absolute Gasteiger partial charge is 0.254 e. The van der Waals surface area contributed by atoms with Gasteiger partial charge in [0.2, 0.25) is 5.91 Å². The Labute approximate surface area is 190 Å². The molecule has 0 aliphatic carbocycles. The minimum Gasteiger partial charge on any atom is -0.497 e. The van der Waals surface area contributed by atoms with Crippen molar-refractivity contribution in [1.29, 1.82) is 0 Å². The predicted molar refractivity (Wildman–Crippen MR) is 123 cm³/mol. The first-order valence-electron chi connectivity index (χ1n) is 11.8. The number of amides is 2. The molecule has 1 aromatic heterocycles. The minimum absolute atomic E-state index is 0.0998. The Morgan fingerprint density at radius 1 is 1.12 bits per heavy atom. The Balaban J connectivity index is 1.34. The molecule has 7 heteroatoms. The summed E-state index contributed by atoms with van der Waals surface area (Å²) < 4.78 is 7.33. The van der Waals surface area contributed by atoms with Gasteiger partial charge >= 0.3 is 0 Å². The number of hydrogen-bond acceptors (Lipinski definition) is 4. The molecule has 0 saturated carbocycles. The summed E-state index contributed by atoms with van der Waals surface area (Å²) in [7, 11) is 1.62. The normalized spacial score (nSPS) is 19.8. The van der Waals surface area contributed by atoms with Crippen molar-refractivity contribution < 1.29 is 14.3 Å². The Bertz CT molecular complexity index is 933. The number of carbonyl (C=O) groups excluding carboxylic acids is 2. The van der Waals surface area contributed by atoms with Crippen LogP contribution >= 0.6 is 0 Å². The molecule has 2 amide bonds. The molecule has 0 spiro atoms. The van der Waals surface area contributed by atoms with Crippen molar-refractivity contribution in [3.8, 4) is 5.75 Å². The number of aryl methyl sites for hydroxylation is 2. The van der Waals surface area contributed by atoms with E-state index in [9.17, 15) is 9.59 Å². The highest BCUT2D eigenvalue weighted by atomic mass is 16.5. The van der Waals surface area contributed by atoms with Crippen molar-refractivity contribution in [1.82, 2.24) is 19.4 Å². The topological polar surface area (TPSA) is 67.7 Å². The largest absolute Gasteiger partial charge is 0.497 e. The number of piperidine rings is 2. The summed E-state index contributed by atoms with van der Waals surface area (Å²) in [4.78, 5) is 34.3. The van der Waals surface area contributed by atoms with Crippen LogP contribution in [0.1, 0.15) is 54.7 Å². The molecule has 172 valence electrons. The molecule has 7 nitrogen and oxygen atoms in total. The van der Waals surface area contributed by atoms with E-state index >= 15 is 0 Å². The summed E-state index contributed by atoms with van der Waals surface area (Å²) in [6.07, 6.45) is 9.39. The maximum atomic E-state index is 13.3. The number of benzene rings is 1. The third-order valence-corrected chi connectivity index (χ3v) is 7.05. The first-order chi connectivity index (χ1) is 15.6. The van der Waals surface area contributed by atoms with Crippen LogP contribution in [0.5, 0.6) is 5.75 Å². The fourth-order valence-electron chi connectivity index (χ4n) is 5.17. The molecular weight excluding hydrogens is 404 g/mol. The molecule has 2 aromatic rings. The Kier molecular flexibility index (Phi) is 7.12. The fourth-order valence-corrected chi connectivity index (χ4v) is 5.17. The van der Waals surface area contributed by atoms with Crippen LogP contribution in [0, 0.1) is 12.8 Å². The lowest BCUT2D eigenvalue weighted by Crippen LogP contribution is -2.51. The first-order valence-corrected chi connectivity index (χ1v) is 11.8. The highest BCUT2D eigenvalue weighted by molar-refractivity contribution is 5.95. The lowest BCUT2D eigenvalue weighted by atomic mass is 9.83. The van der Waals surface area contributed by atoms with Gasteiger partial charge in [0.05, 0.1) is 7.11 Å². The van der Waals surface area contributed by atoms with Crippen molar-refractivity contribution in [3.63, 3.8) is 0 Å². The molecule has 2 aliphatic rings. The van der Waals surface area contributed by atoms with E-state index in [0.717, 1.165) is 57.6 Å². The van der Waals surface area contributed by atoms with Crippen LogP contribution in [0.3, 0.4) is 0 Å². The summed E-state index contributed by atoms with van der Waals surface area (Å²) in [5.41, 5.74) is 0.693. The first kappa shape index (κ1) is 22.4. The van der Waals surface area contributed by atoms with Gasteiger partial charge in [-0.25, -0.2) is 4.98 Å². The van der Waals surface area contributed by atoms with E-state index < -0.39 is 0 Å². The second kappa shape index (κ2) is 10.2. The minimum atomic E-state index is 0.0998. The number of aromatic nitrogens is 2. The average Bonchev–Trinajstić information content (AvgIpc) is 3.26. The Morgan fingerprint density at radius 3 is 2.66 bits per heavy atom. The summed E-state index contributed by atoms with van der Waals surface area (Å²) in [6, 6.07) is 7.70. The standard InChI is InChI=1S/C25H34N4O3/c1-19-26-12-17-27(19)16-11-24(30)28-14-9-20(10-15-28)23-8-3-4-13-29(23)25(31)21-6-5-7-22(18-21)32-2/h5-7,12,17-18,20,23H,3-4,8-11,13-16H2,1-2H3/t23-/m1/s1. The molecule has 2 fully saturated rings. The van der Waals surface area contributed by atoms with Crippen LogP contribution < -0.4 is 4.74 Å². The third kappa shape index (κ3) is 4.97. The SMILES string of the molecule is COc1cccc(C(=O)N2CCCC[C@@H]2C2CCN(C(=O)CCn3ccnc3C)CC2)c1. The molecule has 0 bridgehead atoms. The molecule has 0 unspecified atom stereocenters. The molecule has 3 heterocycles. The third-order valence-electron chi connectivity index (χ3n) is 7.05. The van der Waals surface area contributed by atoms with Gasteiger partial charge in [0.15, 0.2) is 0 Å². The maximum absolute atomic E-state index is 13.3. The molecular formula is C25H34N4O3. The van der Waals surface area contributed by atoms with Crippen LogP contribution in [0.4, 0.5) is 0 Å². The zero-order valence-electron chi connectivity index (χ0n) is 19.2. The summed E-state index contributed by atoms with van der Waals surface area (Å²) >= 11 is 0. The second-order valence-corrected chi connectivity index (χ2v) is 8.93. The zero-order valence-corrected chi connectivity index (χ0v) is 19.2. The Hall–Kier alpha value is -2.83. The van der Waals surface area contributed by atoms with E-state index in [1.165, 1.54) is 0 Å². The lowest BCUT2D eigenvalue weighted by molar-refractivity contribution is -0.133. The highest BCUT2D eigenvalue weighted by Gasteiger charge is 2.35. The summed E-state index contributed by atoms with van der Waals surface area (Å²) in [6.45, 7) is 5.01. The number of imidazole rings is 1. The van der Waals surface area contributed by atoms with E-state index in [2.05, 4.69) is 9.88 Å². The maximum Gasteiger partial charge on any atom is 0.254 e. The van der Waals surface area contributed by atoms with Gasteiger partial charge in [-0.05, 0) is 63.1 Å². The van der Waals surface area contributed by atoms with Crippen LogP contribution in [0.25, 0.3) is 0 Å². The van der Waals surface area contributed by atoms with Crippen LogP contribution in [-0.2, 0) is 11.3 Å². The highest BCUT2D eigenvalue weighted by Crippen LogP contribution is 2.32. The number of rotatable bonds is 6. The molecule has 0 radical (unpaired) electrons. The van der Waals surface area contributed by atoms with Gasteiger partial charge in [-0.1, -0.05) is 6.07 Å². The molecule has 2 aliphatic heterocycles. The number of methoxy groups -OCH3 is 1. The van der Waals surface area contributed by atoms with Gasteiger partial charge in [-0.15, -0.1) is 0 Å². The number of likely N-dealkylation sites (tertiary alicyclic amines) is 2. The van der Waals surface area contributed by atoms with Crippen molar-refractivity contribution >= 4 is 11.8 Å². The van der Waals surface area contributed by atoms with Gasteiger partial charge in [0.25, 0.3) is 5.91 Å². The molecule has 4 rings (SSSR count). The predicted octanol–water partition coefficient (Wildman–Crippen LogP) is 3.52. The fraction of sp³-hybridized carbons (Fsp3) is 0.560. The van der Waals surface area contributed by atoms with Gasteiger partial charge in [-0.2, -0.15) is 0 Å². The summed E-state index contributed by atoms with van der Waals surface area (Å²) in [5.74, 6) is 2.41. The van der Waals surface area contributed by atoms with Crippen LogP contribution in [0.15, 0.2) is 36.7 Å². The molecule has 1 atom stereocenters. The molecule has 32 heavy (non-hydrogen) atoms.